The van der Waals surface area contributed by atoms with E-state index in [4.69, 9.17) is 9.47 Å². The van der Waals surface area contributed by atoms with E-state index >= 15 is 0 Å². The zero-order valence-corrected chi connectivity index (χ0v) is 20.0. The largest absolute Gasteiger partial charge is 0.454 e. The number of ether oxygens (including phenoxy) is 2. The van der Waals surface area contributed by atoms with E-state index in [0.717, 1.165) is 48.2 Å². The van der Waals surface area contributed by atoms with Crippen LogP contribution in [0.4, 0.5) is 0 Å². The lowest BCUT2D eigenvalue weighted by Crippen LogP contribution is -2.39. The zero-order valence-electron chi connectivity index (χ0n) is 20.0. The molecule has 180 valence electrons. The minimum absolute atomic E-state index is 0.0787. The molecular weight excluding hydrogens is 440 g/mol. The molecule has 6 nitrogen and oxygen atoms in total. The number of amides is 2. The highest BCUT2D eigenvalue weighted by Gasteiger charge is 2.26. The van der Waals surface area contributed by atoms with Gasteiger partial charge in [0.1, 0.15) is 0 Å². The van der Waals surface area contributed by atoms with Crippen LogP contribution >= 0.6 is 0 Å². The first-order valence-corrected chi connectivity index (χ1v) is 12.3. The van der Waals surface area contributed by atoms with Gasteiger partial charge < -0.3 is 19.7 Å². The van der Waals surface area contributed by atoms with Gasteiger partial charge in [-0.05, 0) is 72.4 Å². The second kappa shape index (κ2) is 10.2. The van der Waals surface area contributed by atoms with Crippen LogP contribution in [0.5, 0.6) is 11.5 Å². The van der Waals surface area contributed by atoms with Crippen LogP contribution in [0.2, 0.25) is 0 Å². The van der Waals surface area contributed by atoms with E-state index in [9.17, 15) is 9.59 Å². The molecule has 0 radical (unpaired) electrons. The second-order valence-corrected chi connectivity index (χ2v) is 9.14. The minimum atomic E-state index is -0.121. The van der Waals surface area contributed by atoms with Gasteiger partial charge in [0.2, 0.25) is 6.79 Å². The van der Waals surface area contributed by atoms with Crippen molar-refractivity contribution in [3.8, 4) is 11.5 Å². The van der Waals surface area contributed by atoms with Gasteiger partial charge in [-0.1, -0.05) is 37.3 Å². The number of aryl methyl sites for hydroxylation is 1. The quantitative estimate of drug-likeness (QED) is 0.555. The van der Waals surface area contributed by atoms with E-state index in [2.05, 4.69) is 18.3 Å². The van der Waals surface area contributed by atoms with Gasteiger partial charge in [0, 0.05) is 36.7 Å². The molecule has 3 aromatic carbocycles. The third-order valence-electron chi connectivity index (χ3n) is 6.83. The summed E-state index contributed by atoms with van der Waals surface area (Å²) in [5.74, 6) is 1.60. The summed E-state index contributed by atoms with van der Waals surface area (Å²) in [5, 5.41) is 2.99. The molecule has 2 aliphatic heterocycles. The molecule has 0 aromatic heterocycles. The molecule has 1 atom stereocenters. The number of fused-ring (bicyclic) bond motifs is 1. The van der Waals surface area contributed by atoms with Gasteiger partial charge in [-0.15, -0.1) is 0 Å². The normalized spacial score (nSPS) is 16.7. The number of benzene rings is 3. The summed E-state index contributed by atoms with van der Waals surface area (Å²) in [4.78, 5) is 27.9. The molecule has 0 spiro atoms. The predicted molar refractivity (Wildman–Crippen MR) is 134 cm³/mol. The summed E-state index contributed by atoms with van der Waals surface area (Å²) in [6.07, 6.45) is 2.91. The van der Waals surface area contributed by atoms with Gasteiger partial charge in [0.05, 0.1) is 0 Å². The van der Waals surface area contributed by atoms with Crippen molar-refractivity contribution < 1.29 is 19.1 Å². The number of likely N-dealkylation sites (tertiary alicyclic amines) is 1. The third-order valence-corrected chi connectivity index (χ3v) is 6.83. The molecule has 1 N–H and O–H groups in total. The first-order valence-electron chi connectivity index (χ1n) is 12.3. The van der Waals surface area contributed by atoms with Crippen molar-refractivity contribution >= 4 is 11.8 Å². The summed E-state index contributed by atoms with van der Waals surface area (Å²) >= 11 is 0. The zero-order chi connectivity index (χ0) is 24.2. The van der Waals surface area contributed by atoms with Crippen molar-refractivity contribution in [2.75, 3.05) is 19.9 Å². The second-order valence-electron chi connectivity index (χ2n) is 9.14. The first-order chi connectivity index (χ1) is 17.1. The van der Waals surface area contributed by atoms with Crippen LogP contribution in [-0.2, 0) is 13.0 Å². The number of carbonyl (C=O) groups is 2. The van der Waals surface area contributed by atoms with Crippen LogP contribution in [0, 0.1) is 0 Å². The van der Waals surface area contributed by atoms with Crippen LogP contribution in [0.15, 0.2) is 66.7 Å². The molecule has 0 bridgehead atoms. The molecule has 35 heavy (non-hydrogen) atoms. The topological polar surface area (TPSA) is 67.9 Å². The smallest absolute Gasteiger partial charge is 0.253 e. The Balaban J connectivity index is 1.22. The minimum Gasteiger partial charge on any atom is -0.454 e. The number of hydrogen-bond acceptors (Lipinski definition) is 4. The highest BCUT2D eigenvalue weighted by molar-refractivity contribution is 5.95. The van der Waals surface area contributed by atoms with Crippen molar-refractivity contribution in [2.24, 2.45) is 0 Å². The molecule has 1 saturated heterocycles. The Kier molecular flexibility index (Phi) is 6.70. The molecule has 0 saturated carbocycles. The van der Waals surface area contributed by atoms with Crippen molar-refractivity contribution in [3.63, 3.8) is 0 Å². The first kappa shape index (κ1) is 23.0. The van der Waals surface area contributed by atoms with Gasteiger partial charge in [-0.25, -0.2) is 0 Å². The fourth-order valence-electron chi connectivity index (χ4n) is 4.77. The van der Waals surface area contributed by atoms with Gasteiger partial charge in [0.15, 0.2) is 11.5 Å². The third kappa shape index (κ3) is 5.16. The Morgan fingerprint density at radius 1 is 0.943 bits per heavy atom. The van der Waals surface area contributed by atoms with Crippen LogP contribution < -0.4 is 14.8 Å². The average Bonchev–Trinajstić information content (AvgIpc) is 3.39. The Morgan fingerprint density at radius 3 is 2.57 bits per heavy atom. The van der Waals surface area contributed by atoms with E-state index in [1.165, 1.54) is 5.56 Å². The van der Waals surface area contributed by atoms with Crippen LogP contribution in [-0.4, -0.2) is 36.6 Å². The van der Waals surface area contributed by atoms with E-state index < -0.39 is 0 Å². The van der Waals surface area contributed by atoms with E-state index in [1.807, 2.05) is 65.6 Å². The lowest BCUT2D eigenvalue weighted by molar-refractivity contribution is 0.0706. The molecule has 0 aliphatic carbocycles. The maximum absolute atomic E-state index is 13.1. The summed E-state index contributed by atoms with van der Waals surface area (Å²) in [5.41, 5.74) is 4.64. The van der Waals surface area contributed by atoms with Gasteiger partial charge in [-0.3, -0.25) is 9.59 Å². The fraction of sp³-hybridized carbons (Fsp3) is 0.310. The Labute approximate surface area is 205 Å². The van der Waals surface area contributed by atoms with Gasteiger partial charge >= 0.3 is 0 Å². The lowest BCUT2D eigenvalue weighted by atomic mass is 9.89. The molecular formula is C29H30N2O4. The predicted octanol–water partition coefficient (Wildman–Crippen LogP) is 4.93. The summed E-state index contributed by atoms with van der Waals surface area (Å²) in [7, 11) is 0. The fourth-order valence-corrected chi connectivity index (χ4v) is 4.77. The monoisotopic (exact) mass is 470 g/mol. The van der Waals surface area contributed by atoms with Crippen molar-refractivity contribution in [1.82, 2.24) is 10.2 Å². The summed E-state index contributed by atoms with van der Waals surface area (Å²) in [6.45, 7) is 4.17. The SMILES string of the molecule is CCc1ccc(C(=O)N2CCC[C@@H](c3cccc(C(=O)NCc4ccc5c(c4)OCO5)c3)C2)cc1. The molecule has 5 rings (SSSR count). The van der Waals surface area contributed by atoms with Crippen molar-refractivity contribution in [2.45, 2.75) is 38.6 Å². The number of carbonyl (C=O) groups excluding carboxylic acids is 2. The number of hydrogen-bond donors (Lipinski definition) is 1. The number of nitrogens with zero attached hydrogens (tertiary/aromatic N) is 1. The molecule has 2 amide bonds. The maximum atomic E-state index is 13.1. The Morgan fingerprint density at radius 2 is 1.74 bits per heavy atom. The molecule has 2 heterocycles. The van der Waals surface area contributed by atoms with Gasteiger partial charge in [-0.2, -0.15) is 0 Å². The number of rotatable bonds is 6. The standard InChI is InChI=1S/C29H30N2O4/c1-2-20-8-11-22(12-9-20)29(33)31-14-4-7-25(18-31)23-5-3-6-24(16-23)28(32)30-17-21-10-13-26-27(15-21)35-19-34-26/h3,5-6,8-13,15-16,25H,2,4,7,14,17-19H2,1H3,(H,30,32)/t25-/m1/s1. The average molecular weight is 471 g/mol. The Bertz CT molecular complexity index is 1220. The van der Waals surface area contributed by atoms with E-state index in [1.54, 1.807) is 0 Å². The Hall–Kier alpha value is -3.80. The maximum Gasteiger partial charge on any atom is 0.253 e. The highest BCUT2D eigenvalue weighted by Crippen LogP contribution is 2.32. The summed E-state index contributed by atoms with van der Waals surface area (Å²) < 4.78 is 10.8. The number of nitrogens with one attached hydrogen (secondary N) is 1. The number of piperidine rings is 1. The molecule has 0 unspecified atom stereocenters. The summed E-state index contributed by atoms with van der Waals surface area (Å²) in [6, 6.07) is 21.4. The van der Waals surface area contributed by atoms with E-state index in [-0.39, 0.29) is 24.5 Å². The molecule has 1 fully saturated rings. The van der Waals surface area contributed by atoms with Crippen LogP contribution in [0.1, 0.15) is 63.1 Å². The van der Waals surface area contributed by atoms with E-state index in [0.29, 0.717) is 24.4 Å². The van der Waals surface area contributed by atoms with Gasteiger partial charge in [0.25, 0.3) is 11.8 Å². The molecule has 3 aromatic rings. The van der Waals surface area contributed by atoms with Crippen LogP contribution in [0.25, 0.3) is 0 Å². The lowest BCUT2D eigenvalue weighted by Gasteiger charge is -2.33. The molecule has 2 aliphatic rings. The molecule has 6 heteroatoms. The van der Waals surface area contributed by atoms with Crippen LogP contribution in [0.3, 0.4) is 0 Å². The van der Waals surface area contributed by atoms with Crippen molar-refractivity contribution in [1.29, 1.82) is 0 Å². The highest BCUT2D eigenvalue weighted by atomic mass is 16.7. The van der Waals surface area contributed by atoms with Crippen molar-refractivity contribution in [3.05, 3.63) is 94.5 Å².